The lowest BCUT2D eigenvalue weighted by molar-refractivity contribution is -0.140. The standard InChI is InChI=1S/C25H33ClFN3O4S/c1-17(2)28-25(32)19(4)29(16-20-11-13-21(27)14-12-20)24(31)10-7-15-30(35(5,33)34)23-9-6-8-22(26)18(23)3/h6,8-9,11-14,17,19H,7,10,15-16H2,1-5H3,(H,28,32)/t19-/m1/s1. The molecule has 2 aromatic carbocycles. The van der Waals surface area contributed by atoms with Gasteiger partial charge in [0.1, 0.15) is 11.9 Å². The van der Waals surface area contributed by atoms with E-state index in [1.165, 1.54) is 21.3 Å². The first kappa shape index (κ1) is 28.6. The molecule has 2 amide bonds. The lowest BCUT2D eigenvalue weighted by Gasteiger charge is -2.30. The van der Waals surface area contributed by atoms with Gasteiger partial charge in [-0.25, -0.2) is 12.8 Å². The number of halogens is 2. The van der Waals surface area contributed by atoms with E-state index in [2.05, 4.69) is 5.32 Å². The molecule has 2 aromatic rings. The van der Waals surface area contributed by atoms with Crippen LogP contribution in [0.15, 0.2) is 42.5 Å². The van der Waals surface area contributed by atoms with Crippen molar-refractivity contribution in [2.24, 2.45) is 0 Å². The summed E-state index contributed by atoms with van der Waals surface area (Å²) in [5.41, 5.74) is 1.76. The van der Waals surface area contributed by atoms with Crippen LogP contribution in [0.4, 0.5) is 10.1 Å². The molecule has 0 aliphatic heterocycles. The van der Waals surface area contributed by atoms with Gasteiger partial charge in [0.05, 0.1) is 11.9 Å². The van der Waals surface area contributed by atoms with Crippen molar-refractivity contribution in [3.8, 4) is 0 Å². The Labute approximate surface area is 212 Å². The normalized spacial score (nSPS) is 12.3. The molecule has 0 fully saturated rings. The molecule has 0 spiro atoms. The number of hydrogen-bond donors (Lipinski definition) is 1. The summed E-state index contributed by atoms with van der Waals surface area (Å²) in [6.45, 7) is 7.22. The smallest absolute Gasteiger partial charge is 0.242 e. The number of benzene rings is 2. The van der Waals surface area contributed by atoms with Crippen molar-refractivity contribution in [1.82, 2.24) is 10.2 Å². The first-order valence-electron chi connectivity index (χ1n) is 11.4. The van der Waals surface area contributed by atoms with Crippen LogP contribution in [0.5, 0.6) is 0 Å². The molecule has 0 bridgehead atoms. The van der Waals surface area contributed by atoms with Gasteiger partial charge in [-0.2, -0.15) is 0 Å². The Balaban J connectivity index is 2.20. The number of nitrogens with one attached hydrogen (secondary N) is 1. The first-order valence-corrected chi connectivity index (χ1v) is 13.6. The third-order valence-corrected chi connectivity index (χ3v) is 7.11. The Morgan fingerprint density at radius 3 is 2.29 bits per heavy atom. The fourth-order valence-electron chi connectivity index (χ4n) is 3.62. The third kappa shape index (κ3) is 8.21. The predicted octanol–water partition coefficient (Wildman–Crippen LogP) is 4.28. The van der Waals surface area contributed by atoms with E-state index in [0.717, 1.165) is 6.26 Å². The maximum Gasteiger partial charge on any atom is 0.242 e. The average Bonchev–Trinajstić information content (AvgIpc) is 2.76. The molecule has 35 heavy (non-hydrogen) atoms. The summed E-state index contributed by atoms with van der Waals surface area (Å²) in [4.78, 5) is 27.3. The van der Waals surface area contributed by atoms with E-state index < -0.39 is 21.9 Å². The van der Waals surface area contributed by atoms with Gasteiger partial charge >= 0.3 is 0 Å². The molecule has 10 heteroatoms. The molecule has 0 saturated carbocycles. The van der Waals surface area contributed by atoms with E-state index in [1.54, 1.807) is 44.2 Å². The Morgan fingerprint density at radius 1 is 1.09 bits per heavy atom. The molecular formula is C25H33ClFN3O4S. The molecule has 2 rings (SSSR count). The van der Waals surface area contributed by atoms with E-state index in [-0.39, 0.29) is 43.8 Å². The van der Waals surface area contributed by atoms with Crippen molar-refractivity contribution in [2.75, 3.05) is 17.1 Å². The van der Waals surface area contributed by atoms with Crippen LogP contribution in [0.3, 0.4) is 0 Å². The number of anilines is 1. The van der Waals surface area contributed by atoms with Gasteiger partial charge in [-0.05, 0) is 69.5 Å². The number of carbonyl (C=O) groups excluding carboxylic acids is 2. The lowest BCUT2D eigenvalue weighted by Crippen LogP contribution is -2.49. The zero-order valence-electron chi connectivity index (χ0n) is 20.7. The van der Waals surface area contributed by atoms with Gasteiger partial charge in [-0.3, -0.25) is 13.9 Å². The number of sulfonamides is 1. The minimum atomic E-state index is -3.62. The summed E-state index contributed by atoms with van der Waals surface area (Å²) in [6, 6.07) is 9.89. The van der Waals surface area contributed by atoms with Gasteiger partial charge in [0.15, 0.2) is 0 Å². The minimum absolute atomic E-state index is 0.0200. The third-order valence-electron chi connectivity index (χ3n) is 5.52. The Kier molecular flexibility index (Phi) is 10.1. The monoisotopic (exact) mass is 525 g/mol. The van der Waals surface area contributed by atoms with E-state index in [1.807, 2.05) is 13.8 Å². The van der Waals surface area contributed by atoms with Crippen molar-refractivity contribution < 1.29 is 22.4 Å². The fraction of sp³-hybridized carbons (Fsp3) is 0.440. The highest BCUT2D eigenvalue weighted by atomic mass is 35.5. The average molecular weight is 526 g/mol. The Bertz CT molecular complexity index is 1140. The van der Waals surface area contributed by atoms with E-state index >= 15 is 0 Å². The minimum Gasteiger partial charge on any atom is -0.352 e. The van der Waals surface area contributed by atoms with Gasteiger partial charge in [-0.1, -0.05) is 29.8 Å². The molecule has 0 aliphatic rings. The first-order chi connectivity index (χ1) is 16.3. The summed E-state index contributed by atoms with van der Waals surface area (Å²) in [5, 5.41) is 3.25. The van der Waals surface area contributed by atoms with Crippen molar-refractivity contribution in [1.29, 1.82) is 0 Å². The zero-order chi connectivity index (χ0) is 26.3. The molecule has 0 aliphatic carbocycles. The van der Waals surface area contributed by atoms with Crippen molar-refractivity contribution >= 4 is 39.1 Å². The van der Waals surface area contributed by atoms with Crippen LogP contribution >= 0.6 is 11.6 Å². The van der Waals surface area contributed by atoms with E-state index in [9.17, 15) is 22.4 Å². The number of carbonyl (C=O) groups is 2. The molecule has 0 radical (unpaired) electrons. The van der Waals surface area contributed by atoms with Crippen molar-refractivity contribution in [3.05, 3.63) is 64.4 Å². The number of amides is 2. The van der Waals surface area contributed by atoms with Crippen LogP contribution in [0.25, 0.3) is 0 Å². The summed E-state index contributed by atoms with van der Waals surface area (Å²) in [5.74, 6) is -1.01. The second kappa shape index (κ2) is 12.4. The Hall–Kier alpha value is -2.65. The highest BCUT2D eigenvalue weighted by Crippen LogP contribution is 2.28. The molecule has 0 saturated heterocycles. The second-order valence-corrected chi connectivity index (χ2v) is 11.1. The predicted molar refractivity (Wildman–Crippen MR) is 137 cm³/mol. The topological polar surface area (TPSA) is 86.8 Å². The highest BCUT2D eigenvalue weighted by Gasteiger charge is 2.27. The van der Waals surface area contributed by atoms with Crippen LogP contribution in [-0.4, -0.2) is 50.0 Å². The Morgan fingerprint density at radius 2 is 1.71 bits per heavy atom. The van der Waals surface area contributed by atoms with Crippen LogP contribution in [0.2, 0.25) is 5.02 Å². The van der Waals surface area contributed by atoms with Crippen molar-refractivity contribution in [3.63, 3.8) is 0 Å². The van der Waals surface area contributed by atoms with Gasteiger partial charge in [0.2, 0.25) is 21.8 Å². The summed E-state index contributed by atoms with van der Waals surface area (Å²) >= 11 is 6.18. The number of hydrogen-bond acceptors (Lipinski definition) is 4. The number of rotatable bonds is 11. The quantitative estimate of drug-likeness (QED) is 0.474. The fourth-order valence-corrected chi connectivity index (χ4v) is 4.81. The second-order valence-electron chi connectivity index (χ2n) is 8.81. The molecular weight excluding hydrogens is 493 g/mol. The SMILES string of the molecule is Cc1c(Cl)cccc1N(CCCC(=O)N(Cc1ccc(F)cc1)[C@H](C)C(=O)NC(C)C)S(C)(=O)=O. The van der Waals surface area contributed by atoms with Gasteiger partial charge in [0, 0.05) is 30.6 Å². The molecule has 7 nitrogen and oxygen atoms in total. The zero-order valence-corrected chi connectivity index (χ0v) is 22.3. The van der Waals surface area contributed by atoms with Crippen molar-refractivity contribution in [2.45, 2.75) is 59.2 Å². The molecule has 192 valence electrons. The van der Waals surface area contributed by atoms with E-state index in [0.29, 0.717) is 21.8 Å². The van der Waals surface area contributed by atoms with E-state index in [4.69, 9.17) is 11.6 Å². The van der Waals surface area contributed by atoms with Crippen LogP contribution < -0.4 is 9.62 Å². The van der Waals surface area contributed by atoms with Gasteiger partial charge < -0.3 is 10.2 Å². The number of nitrogens with zero attached hydrogens (tertiary/aromatic N) is 2. The molecule has 1 atom stereocenters. The molecule has 0 aromatic heterocycles. The molecule has 0 heterocycles. The van der Waals surface area contributed by atoms with Crippen LogP contribution in [-0.2, 0) is 26.2 Å². The van der Waals surface area contributed by atoms with Gasteiger partial charge in [-0.15, -0.1) is 0 Å². The van der Waals surface area contributed by atoms with Crippen LogP contribution in [0, 0.1) is 12.7 Å². The molecule has 0 unspecified atom stereocenters. The van der Waals surface area contributed by atoms with Crippen LogP contribution in [0.1, 0.15) is 44.7 Å². The largest absolute Gasteiger partial charge is 0.352 e. The molecule has 1 N–H and O–H groups in total. The maximum absolute atomic E-state index is 13.3. The summed E-state index contributed by atoms with van der Waals surface area (Å²) in [6.07, 6.45) is 1.36. The van der Waals surface area contributed by atoms with Gasteiger partial charge in [0.25, 0.3) is 0 Å². The maximum atomic E-state index is 13.3. The summed E-state index contributed by atoms with van der Waals surface area (Å²) < 4.78 is 39.5. The summed E-state index contributed by atoms with van der Waals surface area (Å²) in [7, 11) is -3.62. The lowest BCUT2D eigenvalue weighted by atomic mass is 10.1. The highest BCUT2D eigenvalue weighted by molar-refractivity contribution is 7.92.